The molecule has 1 aromatic carbocycles. The van der Waals surface area contributed by atoms with Crippen molar-refractivity contribution in [3.63, 3.8) is 0 Å². The summed E-state index contributed by atoms with van der Waals surface area (Å²) in [5.74, 6) is -0.597. The number of carbonyl (C=O) groups excluding carboxylic acids is 1. The third-order valence-electron chi connectivity index (χ3n) is 7.44. The molecule has 3 heterocycles. The molecule has 2 aromatic heterocycles. The van der Waals surface area contributed by atoms with E-state index in [4.69, 9.17) is 10.5 Å². The van der Waals surface area contributed by atoms with Crippen LogP contribution in [0, 0.1) is 22.6 Å². The summed E-state index contributed by atoms with van der Waals surface area (Å²) in [5.41, 5.74) is 5.25. The van der Waals surface area contributed by atoms with Crippen molar-refractivity contribution in [3.05, 3.63) is 53.1 Å². The van der Waals surface area contributed by atoms with Gasteiger partial charge in [0.1, 0.15) is 34.6 Å². The Morgan fingerprint density at radius 1 is 1.27 bits per heavy atom. The van der Waals surface area contributed by atoms with Gasteiger partial charge in [0.2, 0.25) is 0 Å². The molecule has 1 aliphatic carbocycles. The number of rotatable bonds is 4. The summed E-state index contributed by atoms with van der Waals surface area (Å²) in [5, 5.41) is 18.5. The van der Waals surface area contributed by atoms with Crippen LogP contribution in [-0.4, -0.2) is 49.2 Å². The van der Waals surface area contributed by atoms with Crippen LogP contribution in [0.3, 0.4) is 0 Å². The number of aromatic nitrogens is 4. The number of benzene rings is 1. The fraction of sp³-hybridized carbons (Fsp3) is 0.481. The highest BCUT2D eigenvalue weighted by molar-refractivity contribution is 5.72. The number of amides is 1. The Bertz CT molecular complexity index is 1490. The third kappa shape index (κ3) is 5.22. The van der Waals surface area contributed by atoms with Gasteiger partial charge in [-0.3, -0.25) is 4.68 Å². The van der Waals surface area contributed by atoms with E-state index in [1.165, 1.54) is 17.1 Å². The Balaban J connectivity index is 1.32. The van der Waals surface area contributed by atoms with E-state index in [1.807, 2.05) is 20.8 Å². The van der Waals surface area contributed by atoms with Gasteiger partial charge < -0.3 is 15.4 Å². The van der Waals surface area contributed by atoms with Crippen LogP contribution in [0.1, 0.15) is 62.8 Å². The predicted octanol–water partition coefficient (Wildman–Crippen LogP) is 5.37. The molecule has 0 atom stereocenters. The second-order valence-electron chi connectivity index (χ2n) is 11.6. The molecular weight excluding hydrogens is 530 g/mol. The number of halogens is 4. The molecule has 1 spiro atoms. The summed E-state index contributed by atoms with van der Waals surface area (Å²) in [6.45, 7) is 6.32. The minimum absolute atomic E-state index is 0.0705. The van der Waals surface area contributed by atoms with Gasteiger partial charge in [-0.25, -0.2) is 13.9 Å². The number of nitrogens with two attached hydrogens (primary N) is 1. The fourth-order valence-corrected chi connectivity index (χ4v) is 5.62. The average Bonchev–Trinajstić information content (AvgIpc) is 3.53. The Morgan fingerprint density at radius 2 is 2.00 bits per heavy atom. The van der Waals surface area contributed by atoms with Crippen LogP contribution in [0.4, 0.5) is 28.2 Å². The van der Waals surface area contributed by atoms with Gasteiger partial charge in [0.25, 0.3) is 0 Å². The van der Waals surface area contributed by atoms with Gasteiger partial charge in [-0.15, -0.1) is 0 Å². The van der Waals surface area contributed by atoms with Gasteiger partial charge in [0.05, 0.1) is 24.3 Å². The Morgan fingerprint density at radius 3 is 2.65 bits per heavy atom. The summed E-state index contributed by atoms with van der Waals surface area (Å²) in [4.78, 5) is 14.2. The summed E-state index contributed by atoms with van der Waals surface area (Å²) >= 11 is 0. The molecule has 2 aliphatic rings. The Hall–Kier alpha value is -4.08. The summed E-state index contributed by atoms with van der Waals surface area (Å²) < 4.78 is 62.3. The molecule has 212 valence electrons. The van der Waals surface area contributed by atoms with E-state index in [-0.39, 0.29) is 46.7 Å². The maximum atomic E-state index is 13.7. The summed E-state index contributed by atoms with van der Waals surface area (Å²) in [6, 6.07) is 4.30. The summed E-state index contributed by atoms with van der Waals surface area (Å²) in [7, 11) is 0. The van der Waals surface area contributed by atoms with Gasteiger partial charge in [-0.05, 0) is 69.2 Å². The summed E-state index contributed by atoms with van der Waals surface area (Å²) in [6.07, 6.45) is 0.132. The Labute approximate surface area is 228 Å². The van der Waals surface area contributed by atoms with Crippen LogP contribution in [-0.2, 0) is 17.5 Å². The molecule has 1 aliphatic heterocycles. The number of nitriles is 1. The fourth-order valence-electron chi connectivity index (χ4n) is 5.62. The normalized spacial score (nSPS) is 20.9. The van der Waals surface area contributed by atoms with Crippen molar-refractivity contribution in [3.8, 4) is 17.3 Å². The van der Waals surface area contributed by atoms with Crippen LogP contribution >= 0.6 is 0 Å². The number of hydrogen-bond donors (Lipinski definition) is 1. The standard InChI is InChI=1S/C27H29F4N7O2/c1-25(2,3)40-24(39)36-7-6-26(15-36)9-19(10-26)38-23(33)20(11-32)22(35-38)17-12-34-37(14-17)13-16-8-18(28)4-5-21(16)27(29,30)31/h4-5,8,12,14,19H,6-7,9-10,13,15,33H2,1-3H3/t19-,26-. The van der Waals surface area contributed by atoms with Crippen molar-refractivity contribution in [2.24, 2.45) is 5.41 Å². The molecule has 40 heavy (non-hydrogen) atoms. The molecule has 2 fully saturated rings. The van der Waals surface area contributed by atoms with Gasteiger partial charge in [-0.1, -0.05) is 0 Å². The number of anilines is 1. The molecule has 3 aromatic rings. The van der Waals surface area contributed by atoms with Crippen molar-refractivity contribution in [2.75, 3.05) is 18.8 Å². The molecule has 1 amide bonds. The molecule has 5 rings (SSSR count). The van der Waals surface area contributed by atoms with E-state index in [1.54, 1.807) is 9.58 Å². The van der Waals surface area contributed by atoms with Crippen LogP contribution in [0.5, 0.6) is 0 Å². The predicted molar refractivity (Wildman–Crippen MR) is 136 cm³/mol. The molecule has 9 nitrogen and oxygen atoms in total. The molecule has 13 heteroatoms. The van der Waals surface area contributed by atoms with E-state index in [2.05, 4.69) is 16.3 Å². The van der Waals surface area contributed by atoms with Gasteiger partial charge in [0.15, 0.2) is 0 Å². The number of ether oxygens (including phenoxy) is 1. The van der Waals surface area contributed by atoms with E-state index < -0.39 is 23.2 Å². The minimum Gasteiger partial charge on any atom is -0.444 e. The lowest BCUT2D eigenvalue weighted by Gasteiger charge is -2.45. The maximum absolute atomic E-state index is 13.7. The van der Waals surface area contributed by atoms with Crippen molar-refractivity contribution in [2.45, 2.75) is 64.4 Å². The first-order chi connectivity index (χ1) is 18.7. The first-order valence-electron chi connectivity index (χ1n) is 12.8. The highest BCUT2D eigenvalue weighted by Gasteiger charge is 2.51. The van der Waals surface area contributed by atoms with Crippen molar-refractivity contribution in [1.29, 1.82) is 5.26 Å². The van der Waals surface area contributed by atoms with E-state index in [0.717, 1.165) is 31.4 Å². The largest absolute Gasteiger partial charge is 0.444 e. The van der Waals surface area contributed by atoms with E-state index in [0.29, 0.717) is 24.7 Å². The lowest BCUT2D eigenvalue weighted by atomic mass is 9.65. The highest BCUT2D eigenvalue weighted by atomic mass is 19.4. The zero-order valence-corrected chi connectivity index (χ0v) is 22.3. The van der Waals surface area contributed by atoms with Crippen LogP contribution < -0.4 is 5.73 Å². The minimum atomic E-state index is -4.65. The smallest absolute Gasteiger partial charge is 0.416 e. The van der Waals surface area contributed by atoms with Gasteiger partial charge in [-0.2, -0.15) is 28.6 Å². The topological polar surface area (TPSA) is 115 Å². The number of likely N-dealkylation sites (tertiary alicyclic amines) is 1. The quantitative estimate of drug-likeness (QED) is 0.430. The van der Waals surface area contributed by atoms with E-state index in [9.17, 15) is 27.6 Å². The average molecular weight is 560 g/mol. The van der Waals surface area contributed by atoms with Gasteiger partial charge in [0, 0.05) is 24.8 Å². The number of nitrogen functional groups attached to an aromatic ring is 1. The molecular formula is C27H29F4N7O2. The number of nitrogens with zero attached hydrogens (tertiary/aromatic N) is 6. The van der Waals surface area contributed by atoms with Crippen LogP contribution in [0.2, 0.25) is 0 Å². The first kappa shape index (κ1) is 27.5. The lowest BCUT2D eigenvalue weighted by Crippen LogP contribution is -2.43. The third-order valence-corrected chi connectivity index (χ3v) is 7.44. The monoisotopic (exact) mass is 559 g/mol. The SMILES string of the molecule is CC(C)(C)OC(=O)N1CC[C@]2(C1)C[C@H](n1nc(-c3cnn(Cc4cc(F)ccc4C(F)(F)F)c3)c(C#N)c1N)C2. The molecule has 1 saturated carbocycles. The number of alkyl halides is 3. The van der Waals surface area contributed by atoms with Gasteiger partial charge >= 0.3 is 12.3 Å². The maximum Gasteiger partial charge on any atom is 0.416 e. The van der Waals surface area contributed by atoms with Crippen molar-refractivity contribution in [1.82, 2.24) is 24.5 Å². The molecule has 2 N–H and O–H groups in total. The first-order valence-corrected chi connectivity index (χ1v) is 12.8. The van der Waals surface area contributed by atoms with E-state index >= 15 is 0 Å². The molecule has 1 saturated heterocycles. The second kappa shape index (κ2) is 9.53. The molecule has 0 unspecified atom stereocenters. The van der Waals surface area contributed by atoms with Crippen molar-refractivity contribution < 1.29 is 27.1 Å². The second-order valence-corrected chi connectivity index (χ2v) is 11.6. The van der Waals surface area contributed by atoms with Crippen LogP contribution in [0.25, 0.3) is 11.3 Å². The van der Waals surface area contributed by atoms with Crippen molar-refractivity contribution >= 4 is 11.9 Å². The van der Waals surface area contributed by atoms with Crippen LogP contribution in [0.15, 0.2) is 30.6 Å². The number of hydrogen-bond acceptors (Lipinski definition) is 6. The highest BCUT2D eigenvalue weighted by Crippen LogP contribution is 2.55. The zero-order chi connectivity index (χ0) is 29.0. The molecule has 0 bridgehead atoms. The molecule has 0 radical (unpaired) electrons. The Kier molecular flexibility index (Phi) is 6.55. The lowest BCUT2D eigenvalue weighted by molar-refractivity contribution is -0.138. The number of carbonyl (C=O) groups is 1. The zero-order valence-electron chi connectivity index (χ0n) is 22.3.